The maximum absolute atomic E-state index is 6.16. The second-order valence-electron chi connectivity index (χ2n) is 5.71. The van der Waals surface area contributed by atoms with Gasteiger partial charge in [-0.15, -0.1) is 0 Å². The molecule has 1 aromatic carbocycles. The summed E-state index contributed by atoms with van der Waals surface area (Å²) in [5, 5.41) is 8.45. The lowest BCUT2D eigenvalue weighted by Gasteiger charge is -2.15. The van der Waals surface area contributed by atoms with E-state index in [0.29, 0.717) is 24.4 Å². The van der Waals surface area contributed by atoms with E-state index in [4.69, 9.17) is 16.1 Å². The number of nitrogens with zero attached hydrogens (tertiary/aromatic N) is 2. The smallest absolute Gasteiger partial charge is 0.231 e. The second kappa shape index (κ2) is 4.86. The standard InChI is InChI=1S/C15H16ClN3O/c16-12-4-2-1-3-9(12)7-14-18-15(20-19-14)11-8-10-5-6-13(11)17-10/h1-4,10-11,13,17H,5-8H2. The van der Waals surface area contributed by atoms with Crippen LogP contribution in [0.3, 0.4) is 0 Å². The van der Waals surface area contributed by atoms with Crippen LogP contribution in [0.4, 0.5) is 0 Å². The molecule has 2 fully saturated rings. The molecule has 1 N–H and O–H groups in total. The first-order valence-electron chi connectivity index (χ1n) is 7.11. The van der Waals surface area contributed by atoms with Crippen molar-refractivity contribution in [2.75, 3.05) is 0 Å². The third-order valence-corrected chi connectivity index (χ3v) is 4.78. The molecule has 0 amide bonds. The van der Waals surface area contributed by atoms with Crippen LogP contribution in [-0.4, -0.2) is 22.2 Å². The Kier molecular flexibility index (Phi) is 3.00. The van der Waals surface area contributed by atoms with E-state index in [9.17, 15) is 0 Å². The first-order chi connectivity index (χ1) is 9.79. The lowest BCUT2D eigenvalue weighted by Crippen LogP contribution is -2.21. The van der Waals surface area contributed by atoms with E-state index >= 15 is 0 Å². The van der Waals surface area contributed by atoms with Crippen molar-refractivity contribution in [1.29, 1.82) is 0 Å². The van der Waals surface area contributed by atoms with Gasteiger partial charge in [-0.3, -0.25) is 0 Å². The molecule has 2 aliphatic rings. The van der Waals surface area contributed by atoms with Gasteiger partial charge in [0.05, 0.1) is 5.92 Å². The third kappa shape index (κ3) is 2.13. The maximum atomic E-state index is 6.16. The molecule has 2 saturated heterocycles. The number of benzene rings is 1. The van der Waals surface area contributed by atoms with Crippen LogP contribution < -0.4 is 5.32 Å². The quantitative estimate of drug-likeness (QED) is 0.944. The third-order valence-electron chi connectivity index (χ3n) is 4.41. The molecular formula is C15H16ClN3O. The minimum atomic E-state index is 0.390. The van der Waals surface area contributed by atoms with Crippen LogP contribution in [-0.2, 0) is 6.42 Å². The molecule has 104 valence electrons. The van der Waals surface area contributed by atoms with Crippen LogP contribution in [0.25, 0.3) is 0 Å². The van der Waals surface area contributed by atoms with Gasteiger partial charge in [0.1, 0.15) is 0 Å². The summed E-state index contributed by atoms with van der Waals surface area (Å²) < 4.78 is 5.47. The van der Waals surface area contributed by atoms with Gasteiger partial charge in [-0.1, -0.05) is 35.0 Å². The largest absolute Gasteiger partial charge is 0.339 e. The lowest BCUT2D eigenvalue weighted by molar-refractivity contribution is 0.327. The summed E-state index contributed by atoms with van der Waals surface area (Å²) in [5.41, 5.74) is 1.03. The summed E-state index contributed by atoms with van der Waals surface area (Å²) in [7, 11) is 0. The number of hydrogen-bond acceptors (Lipinski definition) is 4. The highest BCUT2D eigenvalue weighted by Crippen LogP contribution is 2.39. The Morgan fingerprint density at radius 1 is 1.30 bits per heavy atom. The molecule has 20 heavy (non-hydrogen) atoms. The Labute approximate surface area is 122 Å². The average Bonchev–Trinajstić information content (AvgIpc) is 3.16. The van der Waals surface area contributed by atoms with Gasteiger partial charge in [-0.25, -0.2) is 0 Å². The number of hydrogen-bond donors (Lipinski definition) is 1. The van der Waals surface area contributed by atoms with Gasteiger partial charge in [0.2, 0.25) is 5.89 Å². The predicted molar refractivity (Wildman–Crippen MR) is 75.9 cm³/mol. The van der Waals surface area contributed by atoms with E-state index < -0.39 is 0 Å². The lowest BCUT2D eigenvalue weighted by atomic mass is 9.89. The summed E-state index contributed by atoms with van der Waals surface area (Å²) in [6.45, 7) is 0. The average molecular weight is 290 g/mol. The molecule has 4 rings (SSSR count). The molecule has 0 aliphatic carbocycles. The molecule has 1 aromatic heterocycles. The molecule has 2 bridgehead atoms. The van der Waals surface area contributed by atoms with E-state index in [-0.39, 0.29) is 0 Å². The summed E-state index contributed by atoms with van der Waals surface area (Å²) in [5.74, 6) is 1.89. The van der Waals surface area contributed by atoms with Gasteiger partial charge >= 0.3 is 0 Å². The van der Waals surface area contributed by atoms with Crippen molar-refractivity contribution in [1.82, 2.24) is 15.5 Å². The van der Waals surface area contributed by atoms with Gasteiger partial charge in [0.15, 0.2) is 5.82 Å². The molecule has 4 nitrogen and oxygen atoms in total. The Balaban J connectivity index is 1.52. The molecule has 2 aliphatic heterocycles. The molecular weight excluding hydrogens is 274 g/mol. The van der Waals surface area contributed by atoms with E-state index in [2.05, 4.69) is 15.5 Å². The van der Waals surface area contributed by atoms with Crippen molar-refractivity contribution in [3.63, 3.8) is 0 Å². The first-order valence-corrected chi connectivity index (χ1v) is 7.49. The molecule has 3 atom stereocenters. The van der Waals surface area contributed by atoms with Gasteiger partial charge < -0.3 is 9.84 Å². The van der Waals surface area contributed by atoms with E-state index in [1.54, 1.807) is 0 Å². The van der Waals surface area contributed by atoms with E-state index in [1.165, 1.54) is 12.8 Å². The molecule has 2 aromatic rings. The first kappa shape index (κ1) is 12.4. The summed E-state index contributed by atoms with van der Waals surface area (Å²) in [4.78, 5) is 4.57. The normalized spacial score (nSPS) is 28.1. The Hall–Kier alpha value is -1.39. The number of nitrogens with one attached hydrogen (secondary N) is 1. The Bertz CT molecular complexity index is 627. The fraction of sp³-hybridized carbons (Fsp3) is 0.467. The van der Waals surface area contributed by atoms with Gasteiger partial charge in [0, 0.05) is 23.5 Å². The van der Waals surface area contributed by atoms with Crippen molar-refractivity contribution in [3.8, 4) is 0 Å². The van der Waals surface area contributed by atoms with Crippen LogP contribution in [0.5, 0.6) is 0 Å². The summed E-state index contributed by atoms with van der Waals surface area (Å²) in [6.07, 6.45) is 4.25. The monoisotopic (exact) mass is 289 g/mol. The van der Waals surface area contributed by atoms with Crippen LogP contribution >= 0.6 is 11.6 Å². The fourth-order valence-electron chi connectivity index (χ4n) is 3.40. The van der Waals surface area contributed by atoms with Crippen LogP contribution in [0.2, 0.25) is 5.02 Å². The fourth-order valence-corrected chi connectivity index (χ4v) is 3.60. The molecule has 0 spiro atoms. The Morgan fingerprint density at radius 2 is 2.20 bits per heavy atom. The molecule has 3 unspecified atom stereocenters. The zero-order valence-corrected chi connectivity index (χ0v) is 11.8. The summed E-state index contributed by atoms with van der Waals surface area (Å²) >= 11 is 6.16. The molecule has 0 radical (unpaired) electrons. The minimum Gasteiger partial charge on any atom is -0.339 e. The number of halogens is 1. The highest BCUT2D eigenvalue weighted by Gasteiger charge is 2.42. The highest BCUT2D eigenvalue weighted by atomic mass is 35.5. The van der Waals surface area contributed by atoms with E-state index in [1.807, 2.05) is 24.3 Å². The summed E-state index contributed by atoms with van der Waals surface area (Å²) in [6, 6.07) is 8.95. The van der Waals surface area contributed by atoms with Crippen molar-refractivity contribution in [2.45, 2.75) is 43.7 Å². The van der Waals surface area contributed by atoms with Crippen molar-refractivity contribution in [2.24, 2.45) is 0 Å². The minimum absolute atomic E-state index is 0.390. The molecule has 5 heteroatoms. The van der Waals surface area contributed by atoms with Gasteiger partial charge in [-0.05, 0) is 30.9 Å². The highest BCUT2D eigenvalue weighted by molar-refractivity contribution is 6.31. The van der Waals surface area contributed by atoms with E-state index in [0.717, 1.165) is 28.7 Å². The Morgan fingerprint density at radius 3 is 2.95 bits per heavy atom. The zero-order chi connectivity index (χ0) is 13.5. The van der Waals surface area contributed by atoms with Crippen molar-refractivity contribution < 1.29 is 4.52 Å². The molecule has 0 saturated carbocycles. The zero-order valence-electron chi connectivity index (χ0n) is 11.1. The maximum Gasteiger partial charge on any atom is 0.231 e. The predicted octanol–water partition coefficient (Wildman–Crippen LogP) is 2.92. The number of aromatic nitrogens is 2. The molecule has 3 heterocycles. The van der Waals surface area contributed by atoms with Gasteiger partial charge in [-0.2, -0.15) is 4.98 Å². The second-order valence-corrected chi connectivity index (χ2v) is 6.11. The van der Waals surface area contributed by atoms with Crippen LogP contribution in [0.1, 0.15) is 42.5 Å². The van der Waals surface area contributed by atoms with Crippen molar-refractivity contribution >= 4 is 11.6 Å². The SMILES string of the molecule is Clc1ccccc1Cc1noc(C2CC3CCC2N3)n1. The number of fused-ring (bicyclic) bond motifs is 2. The number of rotatable bonds is 3. The van der Waals surface area contributed by atoms with Crippen LogP contribution in [0.15, 0.2) is 28.8 Å². The van der Waals surface area contributed by atoms with Crippen LogP contribution in [0, 0.1) is 0 Å². The topological polar surface area (TPSA) is 51.0 Å². The van der Waals surface area contributed by atoms with Gasteiger partial charge in [0.25, 0.3) is 0 Å². The van der Waals surface area contributed by atoms with Crippen molar-refractivity contribution in [3.05, 3.63) is 46.6 Å².